The minimum absolute atomic E-state index is 0.0765. The Kier molecular flexibility index (Phi) is 20.5. The Morgan fingerprint density at radius 1 is 0.921 bits per heavy atom. The molecular formula is C46H82N2O15. The van der Waals surface area contributed by atoms with Gasteiger partial charge in [0.2, 0.25) is 0 Å². The fourth-order valence-corrected chi connectivity index (χ4v) is 9.52. The van der Waals surface area contributed by atoms with Crippen LogP contribution in [0.4, 0.5) is 0 Å². The normalized spacial score (nSPS) is 42.9. The number of hydrogen-bond acceptors (Lipinski definition) is 17. The molecule has 17 heteroatoms. The van der Waals surface area contributed by atoms with Gasteiger partial charge in [-0.05, 0) is 101 Å². The summed E-state index contributed by atoms with van der Waals surface area (Å²) in [7, 11) is 6.99. The Labute approximate surface area is 376 Å². The molecule has 3 aliphatic rings. The Balaban J connectivity index is 2.20. The molecule has 366 valence electrons. The number of likely N-dealkylation sites (N-methyl/N-ethyl adjacent to an activating group) is 2. The highest BCUT2D eigenvalue weighted by molar-refractivity contribution is 5.91. The lowest BCUT2D eigenvalue weighted by atomic mass is 9.77. The van der Waals surface area contributed by atoms with Crippen molar-refractivity contribution in [2.45, 2.75) is 205 Å². The van der Waals surface area contributed by atoms with Gasteiger partial charge in [-0.1, -0.05) is 34.1 Å². The first kappa shape index (κ1) is 55.0. The molecule has 17 nitrogen and oxygen atoms in total. The number of aliphatic hydroxyl groups is 4. The van der Waals surface area contributed by atoms with Crippen molar-refractivity contribution in [2.75, 3.05) is 41.4 Å². The van der Waals surface area contributed by atoms with Crippen LogP contribution in [-0.4, -0.2) is 180 Å². The number of unbranched alkanes of at least 4 members (excludes halogenated alkanes) is 1. The van der Waals surface area contributed by atoms with Crippen LogP contribution in [-0.2, 0) is 52.3 Å². The molecule has 63 heavy (non-hydrogen) atoms. The van der Waals surface area contributed by atoms with Crippen molar-refractivity contribution in [3.05, 3.63) is 12.2 Å². The predicted octanol–water partition coefficient (Wildman–Crippen LogP) is 3.35. The van der Waals surface area contributed by atoms with Gasteiger partial charge in [-0.3, -0.25) is 4.79 Å². The molecule has 0 amide bonds. The molecule has 3 heterocycles. The van der Waals surface area contributed by atoms with Gasteiger partial charge in [0.15, 0.2) is 18.7 Å². The number of hydrogen-bond donors (Lipinski definition) is 4. The van der Waals surface area contributed by atoms with E-state index in [1.807, 2.05) is 51.7 Å². The summed E-state index contributed by atoms with van der Waals surface area (Å²) in [4.78, 5) is 44.0. The molecule has 0 aromatic rings. The third-order valence-corrected chi connectivity index (χ3v) is 13.5. The summed E-state index contributed by atoms with van der Waals surface area (Å²) in [5.41, 5.74) is -4.62. The largest absolute Gasteiger partial charge is 0.463 e. The molecule has 4 N–H and O–H groups in total. The smallest absolute Gasteiger partial charge is 0.331 e. The van der Waals surface area contributed by atoms with Crippen LogP contribution in [0.2, 0.25) is 0 Å². The van der Waals surface area contributed by atoms with Gasteiger partial charge in [-0.25, -0.2) is 9.59 Å². The molecule has 0 aromatic heterocycles. The van der Waals surface area contributed by atoms with Gasteiger partial charge in [0.1, 0.15) is 23.9 Å². The zero-order chi connectivity index (χ0) is 47.8. The number of methoxy groups -OCH3 is 1. The average Bonchev–Trinajstić information content (AvgIpc) is 3.20. The zero-order valence-electron chi connectivity index (χ0n) is 40.6. The van der Waals surface area contributed by atoms with Crippen LogP contribution in [0.3, 0.4) is 0 Å². The monoisotopic (exact) mass is 903 g/mol. The maximum atomic E-state index is 14.4. The van der Waals surface area contributed by atoms with Crippen LogP contribution >= 0.6 is 0 Å². The minimum Gasteiger partial charge on any atom is -0.463 e. The summed E-state index contributed by atoms with van der Waals surface area (Å²) >= 11 is 0. The summed E-state index contributed by atoms with van der Waals surface area (Å²) in [5, 5.41) is 47.3. The third kappa shape index (κ3) is 14.1. The summed E-state index contributed by atoms with van der Waals surface area (Å²) in [6.45, 7) is 19.9. The first-order valence-corrected chi connectivity index (χ1v) is 22.8. The molecule has 0 spiro atoms. The van der Waals surface area contributed by atoms with Crippen LogP contribution in [0, 0.1) is 17.8 Å². The van der Waals surface area contributed by atoms with Gasteiger partial charge in [0.05, 0.1) is 54.2 Å². The molecule has 0 saturated carbocycles. The molecule has 3 fully saturated rings. The van der Waals surface area contributed by atoms with Crippen molar-refractivity contribution in [3.63, 3.8) is 0 Å². The summed E-state index contributed by atoms with van der Waals surface area (Å²) in [5.74, 6) is -4.44. The van der Waals surface area contributed by atoms with Crippen molar-refractivity contribution in [2.24, 2.45) is 17.8 Å². The molecule has 18 atom stereocenters. The van der Waals surface area contributed by atoms with Crippen LogP contribution in [0.1, 0.15) is 115 Å². The number of aliphatic hydroxyl groups excluding tert-OH is 2. The van der Waals surface area contributed by atoms with Crippen molar-refractivity contribution < 1.29 is 72.7 Å². The predicted molar refractivity (Wildman–Crippen MR) is 233 cm³/mol. The topological polar surface area (TPSA) is 212 Å². The van der Waals surface area contributed by atoms with Gasteiger partial charge < -0.3 is 68.1 Å². The third-order valence-electron chi connectivity index (χ3n) is 13.5. The number of rotatable bonds is 13. The number of carbonyl (C=O) groups excluding carboxylic acids is 3. The average molecular weight is 903 g/mol. The molecule has 0 aliphatic carbocycles. The summed E-state index contributed by atoms with van der Waals surface area (Å²) < 4.78 is 49.5. The number of esters is 3. The van der Waals surface area contributed by atoms with E-state index < -0.39 is 114 Å². The van der Waals surface area contributed by atoms with Gasteiger partial charge in [0.25, 0.3) is 0 Å². The first-order chi connectivity index (χ1) is 29.2. The van der Waals surface area contributed by atoms with E-state index in [0.29, 0.717) is 19.4 Å². The Morgan fingerprint density at radius 3 is 2.14 bits per heavy atom. The molecular weight excluding hydrogens is 821 g/mol. The number of ether oxygens (including phenoxy) is 8. The lowest BCUT2D eigenvalue weighted by Crippen LogP contribution is -2.61. The lowest BCUT2D eigenvalue weighted by Gasteiger charge is -2.49. The van der Waals surface area contributed by atoms with E-state index in [1.54, 1.807) is 48.5 Å². The Morgan fingerprint density at radius 2 is 1.56 bits per heavy atom. The van der Waals surface area contributed by atoms with E-state index in [4.69, 9.17) is 37.9 Å². The highest BCUT2D eigenvalue weighted by Crippen LogP contribution is 2.40. The SMILES string of the molecule is CCCCOC(=O)/C=C/C(=O)O[C@@H]1[C@@H](O[C@H]2[C@H](C)[C@@H](O[C@H]3C[C@@](C)(OC)[C@@H](O)[C@H](C)O3)[C@H](C)C(=O)O[C@@H](CC)[C@](C)(O)[C@@H](O)[C@H](C)N(C)C[C@@H](C)CC2(C)O)O[C@@H](C)C[C@H]1N(C)C. The maximum absolute atomic E-state index is 14.4. The molecule has 0 aromatic carbocycles. The molecule has 0 bridgehead atoms. The van der Waals surface area contributed by atoms with Crippen LogP contribution in [0.5, 0.6) is 0 Å². The molecule has 1 unspecified atom stereocenters. The first-order valence-electron chi connectivity index (χ1n) is 22.8. The Hall–Kier alpha value is -2.29. The van der Waals surface area contributed by atoms with E-state index in [0.717, 1.165) is 18.6 Å². The van der Waals surface area contributed by atoms with Crippen molar-refractivity contribution >= 4 is 17.9 Å². The van der Waals surface area contributed by atoms with Crippen LogP contribution in [0.15, 0.2) is 12.2 Å². The van der Waals surface area contributed by atoms with E-state index in [9.17, 15) is 34.8 Å². The van der Waals surface area contributed by atoms with E-state index in [2.05, 4.69) is 0 Å². The Bertz CT molecular complexity index is 1490. The second-order valence-electron chi connectivity index (χ2n) is 19.4. The van der Waals surface area contributed by atoms with Crippen molar-refractivity contribution in [1.82, 2.24) is 9.80 Å². The number of nitrogens with zero attached hydrogens (tertiary/aromatic N) is 2. The second kappa shape index (κ2) is 23.4. The van der Waals surface area contributed by atoms with Crippen LogP contribution in [0.25, 0.3) is 0 Å². The molecule has 0 radical (unpaired) electrons. The van der Waals surface area contributed by atoms with Crippen molar-refractivity contribution in [1.29, 1.82) is 0 Å². The number of carbonyl (C=O) groups is 3. The molecule has 3 aliphatic heterocycles. The lowest BCUT2D eigenvalue weighted by molar-refractivity contribution is -0.318. The van der Waals surface area contributed by atoms with Gasteiger partial charge in [0, 0.05) is 44.2 Å². The van der Waals surface area contributed by atoms with Gasteiger partial charge in [-0.15, -0.1) is 0 Å². The zero-order valence-corrected chi connectivity index (χ0v) is 40.6. The molecule has 3 rings (SSSR count). The van der Waals surface area contributed by atoms with Gasteiger partial charge >= 0.3 is 17.9 Å². The second-order valence-corrected chi connectivity index (χ2v) is 19.4. The number of cyclic esters (lactones) is 1. The quantitative estimate of drug-likeness (QED) is 0.0904. The maximum Gasteiger partial charge on any atom is 0.331 e. The highest BCUT2D eigenvalue weighted by atomic mass is 16.7. The minimum atomic E-state index is -1.85. The van der Waals surface area contributed by atoms with Crippen molar-refractivity contribution in [3.8, 4) is 0 Å². The van der Waals surface area contributed by atoms with Crippen LogP contribution < -0.4 is 0 Å². The van der Waals surface area contributed by atoms with Gasteiger partial charge in [-0.2, -0.15) is 0 Å². The van der Waals surface area contributed by atoms with E-state index in [-0.39, 0.29) is 37.9 Å². The fourth-order valence-electron chi connectivity index (χ4n) is 9.52. The fraction of sp³-hybridized carbons (Fsp3) is 0.891. The van der Waals surface area contributed by atoms with E-state index in [1.165, 1.54) is 14.0 Å². The molecule has 3 saturated heterocycles. The highest BCUT2D eigenvalue weighted by Gasteiger charge is 2.53. The summed E-state index contributed by atoms with van der Waals surface area (Å²) in [6.07, 6.45) is -5.81. The van der Waals surface area contributed by atoms with E-state index >= 15 is 0 Å². The summed E-state index contributed by atoms with van der Waals surface area (Å²) in [6, 6.07) is -1.02. The standard InChI is InChI=1S/C46H82N2O15/c1-16-18-21-57-34(49)19-20-35(50)61-38-32(47(12)13)22-27(4)58-43(38)63-41-28(5)37(62-36-24-45(10,56-15)40(52)31(8)59-36)29(6)42(53)60-33(17-2)46(11,55)39(51)30(7)48(14)25-26(3)23-44(41,9)54/h19-20,26-33,36-41,43,51-52,54-55H,16-18,21-25H2,1-15H3/b20-19+/t26-,27-,28+,29-,30-,31-,32+,33-,36-,37+,38-,39-,40-,41-,43+,44?,45+,46-/m0/s1.